The minimum atomic E-state index is -1.04. The molecule has 0 bridgehead atoms. The summed E-state index contributed by atoms with van der Waals surface area (Å²) in [6.07, 6.45) is 2.41. The molecule has 1 aliphatic heterocycles. The highest BCUT2D eigenvalue weighted by atomic mass is 32.2. The van der Waals surface area contributed by atoms with Crippen LogP contribution < -0.4 is 11.2 Å². The average molecular weight is 310 g/mol. The Morgan fingerprint density at radius 3 is 2.67 bits per heavy atom. The summed E-state index contributed by atoms with van der Waals surface area (Å²) in [7, 11) is 0. The van der Waals surface area contributed by atoms with E-state index in [-0.39, 0.29) is 11.3 Å². The van der Waals surface area contributed by atoms with Crippen molar-refractivity contribution in [2.24, 2.45) is 0 Å². The molecule has 2 heterocycles. The molecule has 0 fully saturated rings. The van der Waals surface area contributed by atoms with E-state index >= 15 is 0 Å². The molecule has 0 aromatic carbocycles. The lowest BCUT2D eigenvalue weighted by Crippen LogP contribution is -2.41. The molecule has 0 amide bonds. The Balaban J connectivity index is 2.74. The van der Waals surface area contributed by atoms with Crippen LogP contribution in [0.4, 0.5) is 0 Å². The lowest BCUT2D eigenvalue weighted by Gasteiger charge is -2.11. The first kappa shape index (κ1) is 15.6. The molecule has 0 atom stereocenters. The second-order valence-electron chi connectivity index (χ2n) is 4.79. The normalized spacial score (nSPS) is 14.3. The zero-order valence-corrected chi connectivity index (χ0v) is 12.9. The summed E-state index contributed by atoms with van der Waals surface area (Å²) in [5.41, 5.74) is -0.198. The largest absolute Gasteiger partial charge is 0.478 e. The molecule has 2 rings (SSSR count). The Labute approximate surface area is 126 Å². The Morgan fingerprint density at radius 1 is 1.38 bits per heavy atom. The molecule has 0 aliphatic carbocycles. The number of carboxylic acids is 1. The number of aliphatic carboxylic acids is 1. The molecule has 6 nitrogen and oxygen atoms in total. The van der Waals surface area contributed by atoms with E-state index in [9.17, 15) is 14.4 Å². The van der Waals surface area contributed by atoms with Crippen LogP contribution in [0.5, 0.6) is 0 Å². The molecule has 0 unspecified atom stereocenters. The zero-order valence-electron chi connectivity index (χ0n) is 12.1. The maximum Gasteiger partial charge on any atom is 0.331 e. The van der Waals surface area contributed by atoms with E-state index in [2.05, 4.69) is 0 Å². The summed E-state index contributed by atoms with van der Waals surface area (Å²) in [6.45, 7) is 4.52. The van der Waals surface area contributed by atoms with Gasteiger partial charge >= 0.3 is 11.7 Å². The number of aromatic nitrogens is 2. The van der Waals surface area contributed by atoms with E-state index in [0.29, 0.717) is 36.5 Å². The number of carbonyl (C=O) groups is 1. The van der Waals surface area contributed by atoms with Gasteiger partial charge in [-0.1, -0.05) is 13.8 Å². The van der Waals surface area contributed by atoms with Gasteiger partial charge in [-0.25, -0.2) is 9.59 Å². The molecule has 0 saturated carbocycles. The number of carboxylic acid groups (broad SMARTS) is 1. The zero-order chi connectivity index (χ0) is 15.6. The molecule has 21 heavy (non-hydrogen) atoms. The van der Waals surface area contributed by atoms with Gasteiger partial charge in [0.05, 0.1) is 10.6 Å². The number of nitrogens with zero attached hydrogens (tertiary/aromatic N) is 2. The maximum atomic E-state index is 12.5. The smallest absolute Gasteiger partial charge is 0.331 e. The van der Waals surface area contributed by atoms with Crippen LogP contribution in [-0.4, -0.2) is 26.0 Å². The van der Waals surface area contributed by atoms with Gasteiger partial charge in [0.25, 0.3) is 5.56 Å². The van der Waals surface area contributed by atoms with Crippen molar-refractivity contribution in [3.05, 3.63) is 32.0 Å². The minimum absolute atomic E-state index is 0.170. The van der Waals surface area contributed by atoms with Crippen LogP contribution in [-0.2, 0) is 17.9 Å². The highest BCUT2D eigenvalue weighted by Crippen LogP contribution is 2.27. The third kappa shape index (κ3) is 2.83. The lowest BCUT2D eigenvalue weighted by atomic mass is 10.1. The van der Waals surface area contributed by atoms with Crippen LogP contribution in [0.2, 0.25) is 0 Å². The monoisotopic (exact) mass is 310 g/mol. The molecular formula is C14H18N2O4S. The fraction of sp³-hybridized carbons (Fsp3) is 0.500. The second-order valence-corrected chi connectivity index (χ2v) is 5.87. The van der Waals surface area contributed by atoms with Crippen LogP contribution in [0.15, 0.2) is 20.2 Å². The predicted octanol–water partition coefficient (Wildman–Crippen LogP) is 1.40. The average Bonchev–Trinajstić information content (AvgIpc) is 2.92. The lowest BCUT2D eigenvalue weighted by molar-refractivity contribution is -0.132. The summed E-state index contributed by atoms with van der Waals surface area (Å²) in [6, 6.07) is 0. The third-order valence-electron chi connectivity index (χ3n) is 3.39. The van der Waals surface area contributed by atoms with Gasteiger partial charge in [0.1, 0.15) is 0 Å². The van der Waals surface area contributed by atoms with E-state index in [4.69, 9.17) is 5.11 Å². The van der Waals surface area contributed by atoms with Gasteiger partial charge in [-0.15, -0.1) is 11.8 Å². The molecule has 1 aliphatic rings. The van der Waals surface area contributed by atoms with Crippen LogP contribution in [0, 0.1) is 0 Å². The van der Waals surface area contributed by atoms with Gasteiger partial charge in [0, 0.05) is 24.4 Å². The third-order valence-corrected chi connectivity index (χ3v) is 4.49. The van der Waals surface area contributed by atoms with Crippen molar-refractivity contribution in [1.82, 2.24) is 9.13 Å². The van der Waals surface area contributed by atoms with Crippen LogP contribution in [0.25, 0.3) is 6.08 Å². The number of hydrogen-bond donors (Lipinski definition) is 1. The van der Waals surface area contributed by atoms with Crippen molar-refractivity contribution >= 4 is 23.8 Å². The van der Waals surface area contributed by atoms with E-state index < -0.39 is 11.5 Å². The summed E-state index contributed by atoms with van der Waals surface area (Å²) in [5, 5.41) is 9.74. The molecule has 7 heteroatoms. The van der Waals surface area contributed by atoms with Crippen molar-refractivity contribution in [3.8, 4) is 0 Å². The van der Waals surface area contributed by atoms with E-state index in [0.717, 1.165) is 5.75 Å². The summed E-state index contributed by atoms with van der Waals surface area (Å²) in [5.74, 6) is -0.313. The number of fused-ring (bicyclic) bond motifs is 1. The number of hydrogen-bond acceptors (Lipinski definition) is 4. The van der Waals surface area contributed by atoms with Crippen LogP contribution >= 0.6 is 11.8 Å². The summed E-state index contributed by atoms with van der Waals surface area (Å²) < 4.78 is 2.78. The first-order chi connectivity index (χ1) is 10.0. The van der Waals surface area contributed by atoms with Crippen LogP contribution in [0.3, 0.4) is 0 Å². The van der Waals surface area contributed by atoms with E-state index in [1.54, 1.807) is 11.5 Å². The van der Waals surface area contributed by atoms with E-state index in [1.807, 2.05) is 6.92 Å². The molecule has 0 spiro atoms. The van der Waals surface area contributed by atoms with Gasteiger partial charge in [-0.05, 0) is 18.9 Å². The van der Waals surface area contributed by atoms with Gasteiger partial charge in [0.15, 0.2) is 0 Å². The Bertz CT molecular complexity index is 715. The highest BCUT2D eigenvalue weighted by molar-refractivity contribution is 7.99. The summed E-state index contributed by atoms with van der Waals surface area (Å²) >= 11 is 1.43. The van der Waals surface area contributed by atoms with Gasteiger partial charge in [0.2, 0.25) is 0 Å². The van der Waals surface area contributed by atoms with Gasteiger partial charge in [-0.3, -0.25) is 13.9 Å². The van der Waals surface area contributed by atoms with Gasteiger partial charge < -0.3 is 5.11 Å². The van der Waals surface area contributed by atoms with Crippen LogP contribution in [0.1, 0.15) is 32.3 Å². The molecule has 0 radical (unpaired) electrons. The molecule has 1 aromatic rings. The molecular weight excluding hydrogens is 292 g/mol. The highest BCUT2D eigenvalue weighted by Gasteiger charge is 2.22. The summed E-state index contributed by atoms with van der Waals surface area (Å²) in [4.78, 5) is 36.0. The molecule has 0 saturated heterocycles. The first-order valence-electron chi connectivity index (χ1n) is 6.95. The standard InChI is InChI=1S/C14H18N2O4S/c1-3-5-15-11(17)10(8-9(4-2)13(18)19)12-16(14(15)20)6-7-21-12/h8H,3-7H2,1-2H3,(H,18,19). The van der Waals surface area contributed by atoms with Crippen molar-refractivity contribution in [3.63, 3.8) is 0 Å². The molecule has 114 valence electrons. The van der Waals surface area contributed by atoms with Crippen molar-refractivity contribution in [2.75, 3.05) is 5.75 Å². The van der Waals surface area contributed by atoms with Crippen molar-refractivity contribution in [2.45, 2.75) is 44.8 Å². The first-order valence-corrected chi connectivity index (χ1v) is 7.94. The van der Waals surface area contributed by atoms with Crippen molar-refractivity contribution < 1.29 is 9.90 Å². The Morgan fingerprint density at radius 2 is 2.10 bits per heavy atom. The maximum absolute atomic E-state index is 12.5. The minimum Gasteiger partial charge on any atom is -0.478 e. The second kappa shape index (κ2) is 6.34. The number of rotatable bonds is 5. The van der Waals surface area contributed by atoms with Gasteiger partial charge in [-0.2, -0.15) is 0 Å². The molecule has 1 aromatic heterocycles. The van der Waals surface area contributed by atoms with E-state index in [1.165, 1.54) is 22.4 Å². The Hall–Kier alpha value is -1.76. The predicted molar refractivity (Wildman–Crippen MR) is 81.9 cm³/mol. The quantitative estimate of drug-likeness (QED) is 0.657. The fourth-order valence-electron chi connectivity index (χ4n) is 2.32. The fourth-order valence-corrected chi connectivity index (χ4v) is 3.42. The molecule has 1 N–H and O–H groups in total. The Kier molecular flexibility index (Phi) is 4.72. The van der Waals surface area contributed by atoms with Crippen molar-refractivity contribution in [1.29, 1.82) is 0 Å². The number of thioether (sulfide) groups is 1. The topological polar surface area (TPSA) is 81.3 Å². The SMILES string of the molecule is CCCn1c(=O)c(C=C(CC)C(=O)O)c2n(c1=O)CCS2.